The van der Waals surface area contributed by atoms with Crippen LogP contribution in [0.25, 0.3) is 23.2 Å². The number of hydrogen-bond acceptors (Lipinski definition) is 4. The van der Waals surface area contributed by atoms with Gasteiger partial charge in [-0.2, -0.15) is 5.10 Å². The molecule has 1 N–H and O–H groups in total. The first-order valence-corrected chi connectivity index (χ1v) is 11.0. The zero-order valence-electron chi connectivity index (χ0n) is 17.8. The summed E-state index contributed by atoms with van der Waals surface area (Å²) >= 11 is 6.31. The predicted molar refractivity (Wildman–Crippen MR) is 129 cm³/mol. The lowest BCUT2D eigenvalue weighted by atomic mass is 10.1. The number of fused-ring (bicyclic) bond motifs is 1. The highest BCUT2D eigenvalue weighted by Crippen LogP contribution is 2.25. The van der Waals surface area contributed by atoms with Gasteiger partial charge >= 0.3 is 0 Å². The third-order valence-corrected chi connectivity index (χ3v) is 5.49. The second kappa shape index (κ2) is 9.75. The van der Waals surface area contributed by atoms with Crippen LogP contribution in [0.3, 0.4) is 0 Å². The van der Waals surface area contributed by atoms with Crippen molar-refractivity contribution in [3.63, 3.8) is 0 Å². The molecule has 6 heteroatoms. The van der Waals surface area contributed by atoms with E-state index in [1.807, 2.05) is 60.3 Å². The van der Waals surface area contributed by atoms with Gasteiger partial charge in [-0.3, -0.25) is 4.68 Å². The number of halogens is 1. The highest BCUT2D eigenvalue weighted by molar-refractivity contribution is 6.31. The molecule has 2 aromatic carbocycles. The van der Waals surface area contributed by atoms with Crippen LogP contribution in [0.1, 0.15) is 36.0 Å². The van der Waals surface area contributed by atoms with Crippen LogP contribution in [0.4, 0.5) is 5.82 Å². The summed E-state index contributed by atoms with van der Waals surface area (Å²) in [6, 6.07) is 18.1. The monoisotopic (exact) mass is 431 g/mol. The van der Waals surface area contributed by atoms with E-state index < -0.39 is 0 Å². The zero-order valence-corrected chi connectivity index (χ0v) is 18.6. The Morgan fingerprint density at radius 1 is 0.968 bits per heavy atom. The molecule has 0 aliphatic heterocycles. The minimum atomic E-state index is 0.668. The van der Waals surface area contributed by atoms with Crippen LogP contribution in [-0.2, 0) is 19.9 Å². The highest BCUT2D eigenvalue weighted by atomic mass is 35.5. The van der Waals surface area contributed by atoms with Crippen LogP contribution in [0.5, 0.6) is 0 Å². The molecule has 5 nitrogen and oxygen atoms in total. The lowest BCUT2D eigenvalue weighted by Crippen LogP contribution is -2.09. The van der Waals surface area contributed by atoms with E-state index in [9.17, 15) is 0 Å². The second-order valence-corrected chi connectivity index (χ2v) is 7.87. The van der Waals surface area contributed by atoms with E-state index >= 15 is 0 Å². The summed E-state index contributed by atoms with van der Waals surface area (Å²) in [5.74, 6) is 1.46. The third kappa shape index (κ3) is 4.94. The van der Waals surface area contributed by atoms with Crippen molar-refractivity contribution in [3.05, 3.63) is 82.3 Å². The summed E-state index contributed by atoms with van der Waals surface area (Å²) in [5.41, 5.74) is 5.07. The largest absolute Gasteiger partial charge is 0.368 e. The van der Waals surface area contributed by atoms with Crippen molar-refractivity contribution in [1.29, 1.82) is 0 Å². The first-order chi connectivity index (χ1) is 15.2. The average Bonchev–Trinajstić information content (AvgIpc) is 3.10. The molecule has 4 aromatic rings. The summed E-state index contributed by atoms with van der Waals surface area (Å²) in [5, 5.41) is 8.99. The molecule has 2 aromatic heterocycles. The number of anilines is 1. The third-order valence-electron chi connectivity index (χ3n) is 5.12. The number of nitrogens with one attached hydrogen (secondary N) is 1. The lowest BCUT2D eigenvalue weighted by Gasteiger charge is -2.10. The van der Waals surface area contributed by atoms with Crippen molar-refractivity contribution in [2.75, 3.05) is 11.9 Å². The first kappa shape index (κ1) is 21.1. The van der Waals surface area contributed by atoms with Gasteiger partial charge in [-0.1, -0.05) is 79.6 Å². The summed E-state index contributed by atoms with van der Waals surface area (Å²) in [4.78, 5) is 9.63. The molecule has 0 amide bonds. The Morgan fingerprint density at radius 3 is 2.52 bits per heavy atom. The summed E-state index contributed by atoms with van der Waals surface area (Å²) in [6.07, 6.45) is 6.69. The Morgan fingerprint density at radius 2 is 1.74 bits per heavy atom. The number of aryl methyl sites for hydroxylation is 2. The molecule has 0 bridgehead atoms. The minimum absolute atomic E-state index is 0.668. The van der Waals surface area contributed by atoms with E-state index in [2.05, 4.69) is 30.4 Å². The van der Waals surface area contributed by atoms with Crippen molar-refractivity contribution >= 4 is 40.6 Å². The van der Waals surface area contributed by atoms with Crippen LogP contribution < -0.4 is 5.32 Å². The molecule has 0 aliphatic rings. The minimum Gasteiger partial charge on any atom is -0.368 e. The summed E-state index contributed by atoms with van der Waals surface area (Å²) in [6.45, 7) is 2.87. The Balaban J connectivity index is 1.66. The molecular weight excluding hydrogens is 406 g/mol. The quantitative estimate of drug-likeness (QED) is 0.383. The number of nitrogens with zero attached hydrogens (tertiary/aromatic N) is 4. The maximum Gasteiger partial charge on any atom is 0.156 e. The van der Waals surface area contributed by atoms with Gasteiger partial charge in [0.05, 0.1) is 5.69 Å². The van der Waals surface area contributed by atoms with Gasteiger partial charge in [0.1, 0.15) is 11.0 Å². The van der Waals surface area contributed by atoms with Gasteiger partial charge in [0, 0.05) is 18.6 Å². The van der Waals surface area contributed by atoms with Crippen molar-refractivity contribution < 1.29 is 0 Å². The van der Waals surface area contributed by atoms with Crippen molar-refractivity contribution in [3.8, 4) is 0 Å². The van der Waals surface area contributed by atoms with Gasteiger partial charge in [0.25, 0.3) is 0 Å². The average molecular weight is 432 g/mol. The van der Waals surface area contributed by atoms with Crippen LogP contribution in [0, 0.1) is 0 Å². The lowest BCUT2D eigenvalue weighted by molar-refractivity contribution is 0.752. The smallest absolute Gasteiger partial charge is 0.156 e. The molecule has 0 atom stereocenters. The topological polar surface area (TPSA) is 55.6 Å². The van der Waals surface area contributed by atoms with E-state index in [0.29, 0.717) is 12.4 Å². The van der Waals surface area contributed by atoms with E-state index in [1.54, 1.807) is 0 Å². The molecule has 158 valence electrons. The Kier molecular flexibility index (Phi) is 6.63. The normalized spacial score (nSPS) is 11.5. The SMILES string of the molecule is CCCc1nn(C)c2c(NCCc3ccccc3Cl)nc(/C=C/c3ccccc3)nc12. The fourth-order valence-electron chi connectivity index (χ4n) is 3.61. The molecule has 31 heavy (non-hydrogen) atoms. The molecule has 0 unspecified atom stereocenters. The van der Waals surface area contributed by atoms with Gasteiger partial charge in [-0.25, -0.2) is 9.97 Å². The van der Waals surface area contributed by atoms with Gasteiger partial charge < -0.3 is 5.32 Å². The van der Waals surface area contributed by atoms with E-state index in [0.717, 1.165) is 58.0 Å². The molecular formula is C25H26ClN5. The summed E-state index contributed by atoms with van der Waals surface area (Å²) < 4.78 is 1.88. The molecule has 0 radical (unpaired) electrons. The number of hydrogen-bond donors (Lipinski definition) is 1. The Bertz CT molecular complexity index is 1200. The first-order valence-electron chi connectivity index (χ1n) is 10.6. The molecule has 2 heterocycles. The van der Waals surface area contributed by atoms with Gasteiger partial charge in [-0.15, -0.1) is 0 Å². The molecule has 0 fully saturated rings. The van der Waals surface area contributed by atoms with E-state index in [1.165, 1.54) is 0 Å². The van der Waals surface area contributed by atoms with Crippen LogP contribution in [-0.4, -0.2) is 26.3 Å². The Labute approximate surface area is 187 Å². The van der Waals surface area contributed by atoms with Crippen LogP contribution in [0.15, 0.2) is 54.6 Å². The van der Waals surface area contributed by atoms with Gasteiger partial charge in [-0.05, 0) is 36.1 Å². The molecule has 0 spiro atoms. The van der Waals surface area contributed by atoms with Crippen molar-refractivity contribution in [1.82, 2.24) is 19.7 Å². The fraction of sp³-hybridized carbons (Fsp3) is 0.240. The maximum atomic E-state index is 6.31. The Hall–Kier alpha value is -3.18. The van der Waals surface area contributed by atoms with Crippen molar-refractivity contribution in [2.24, 2.45) is 7.05 Å². The molecule has 0 saturated heterocycles. The fourth-order valence-corrected chi connectivity index (χ4v) is 3.84. The molecule has 4 rings (SSSR count). The summed E-state index contributed by atoms with van der Waals surface area (Å²) in [7, 11) is 1.95. The van der Waals surface area contributed by atoms with Crippen LogP contribution >= 0.6 is 11.6 Å². The number of benzene rings is 2. The molecule has 0 aliphatic carbocycles. The van der Waals surface area contributed by atoms with Crippen LogP contribution in [0.2, 0.25) is 5.02 Å². The predicted octanol–water partition coefficient (Wildman–Crippen LogP) is 5.79. The van der Waals surface area contributed by atoms with E-state index in [4.69, 9.17) is 26.7 Å². The highest BCUT2D eigenvalue weighted by Gasteiger charge is 2.16. The van der Waals surface area contributed by atoms with Gasteiger partial charge in [0.15, 0.2) is 11.6 Å². The number of aromatic nitrogens is 4. The second-order valence-electron chi connectivity index (χ2n) is 7.46. The maximum absolute atomic E-state index is 6.31. The standard InChI is InChI=1S/C25H26ClN5/c1-3-9-21-23-24(31(2)30-21)25(27-17-16-19-12-7-8-13-20(19)26)29-22(28-23)15-14-18-10-5-4-6-11-18/h4-8,10-15H,3,9,16-17H2,1-2H3,(H,27,28,29)/b15-14+. The molecule has 0 saturated carbocycles. The van der Waals surface area contributed by atoms with E-state index in [-0.39, 0.29) is 0 Å². The van der Waals surface area contributed by atoms with Crippen molar-refractivity contribution in [2.45, 2.75) is 26.2 Å². The number of rotatable bonds is 8. The zero-order chi connectivity index (χ0) is 21.6. The van der Waals surface area contributed by atoms with Gasteiger partial charge in [0.2, 0.25) is 0 Å².